The summed E-state index contributed by atoms with van der Waals surface area (Å²) in [4.78, 5) is 11.0. The summed E-state index contributed by atoms with van der Waals surface area (Å²) in [5.41, 5.74) is 0. The molecule has 1 saturated carbocycles. The Morgan fingerprint density at radius 1 is 1.67 bits per heavy atom. The van der Waals surface area contributed by atoms with Crippen LogP contribution in [0.25, 0.3) is 0 Å². The van der Waals surface area contributed by atoms with Gasteiger partial charge in [0.2, 0.25) is 0 Å². The maximum atomic E-state index is 11.0. The van der Waals surface area contributed by atoms with Crippen molar-refractivity contribution in [3.8, 4) is 0 Å². The molecule has 1 nitrogen and oxygen atoms in total. The van der Waals surface area contributed by atoms with Crippen LogP contribution < -0.4 is 0 Å². The fourth-order valence-electron chi connectivity index (χ4n) is 1.70. The normalized spacial score (nSPS) is 35.6. The second kappa shape index (κ2) is 2.51. The molecule has 2 atom stereocenters. The smallest absolute Gasteiger partial charge is 0.136 e. The van der Waals surface area contributed by atoms with E-state index in [1.807, 2.05) is 0 Å². The Morgan fingerprint density at radius 3 is 2.56 bits per heavy atom. The van der Waals surface area contributed by atoms with Gasteiger partial charge in [-0.05, 0) is 18.8 Å². The van der Waals surface area contributed by atoms with Crippen LogP contribution in [0.1, 0.15) is 33.1 Å². The van der Waals surface area contributed by atoms with E-state index < -0.39 is 0 Å². The molecule has 0 N–H and O–H groups in total. The van der Waals surface area contributed by atoms with Crippen LogP contribution in [0.15, 0.2) is 0 Å². The summed E-state index contributed by atoms with van der Waals surface area (Å²) >= 11 is 0. The van der Waals surface area contributed by atoms with Gasteiger partial charge in [0.25, 0.3) is 0 Å². The number of carbonyl (C=O) groups is 1. The molecule has 0 amide bonds. The van der Waals surface area contributed by atoms with Gasteiger partial charge in [0.15, 0.2) is 0 Å². The lowest BCUT2D eigenvalue weighted by Crippen LogP contribution is -2.10. The van der Waals surface area contributed by atoms with Crippen LogP contribution >= 0.6 is 0 Å². The van der Waals surface area contributed by atoms with Crippen molar-refractivity contribution in [3.05, 3.63) is 0 Å². The maximum absolute atomic E-state index is 11.0. The van der Waals surface area contributed by atoms with Crippen LogP contribution in [-0.2, 0) is 4.79 Å². The Bertz CT molecular complexity index is 118. The lowest BCUT2D eigenvalue weighted by Gasteiger charge is -2.08. The number of Topliss-reactive ketones (excluding diaryl/α,β-unsaturated/α-hetero) is 1. The van der Waals surface area contributed by atoms with Crippen molar-refractivity contribution >= 4 is 5.78 Å². The van der Waals surface area contributed by atoms with Gasteiger partial charge in [0.1, 0.15) is 5.78 Å². The van der Waals surface area contributed by atoms with Gasteiger partial charge < -0.3 is 0 Å². The highest BCUT2D eigenvalue weighted by atomic mass is 16.1. The summed E-state index contributed by atoms with van der Waals surface area (Å²) in [6.07, 6.45) is 3.00. The highest BCUT2D eigenvalue weighted by Crippen LogP contribution is 2.29. The summed E-state index contributed by atoms with van der Waals surface area (Å²) in [6.45, 7) is 4.28. The number of hydrogen-bond donors (Lipinski definition) is 0. The van der Waals surface area contributed by atoms with Gasteiger partial charge in [-0.15, -0.1) is 0 Å². The topological polar surface area (TPSA) is 17.1 Å². The molecule has 0 aliphatic heterocycles. The van der Waals surface area contributed by atoms with Gasteiger partial charge in [-0.3, -0.25) is 4.79 Å². The third-order valence-electron chi connectivity index (χ3n) is 2.39. The Labute approximate surface area is 56.4 Å². The van der Waals surface area contributed by atoms with E-state index in [0.717, 1.165) is 19.3 Å². The third-order valence-corrected chi connectivity index (χ3v) is 2.39. The number of rotatable bonds is 1. The molecule has 0 aromatic heterocycles. The van der Waals surface area contributed by atoms with Crippen LogP contribution in [-0.4, -0.2) is 5.78 Å². The molecule has 1 rings (SSSR count). The number of ketones is 1. The fourth-order valence-corrected chi connectivity index (χ4v) is 1.70. The first-order valence-electron chi connectivity index (χ1n) is 3.78. The molecule has 0 radical (unpaired) electrons. The minimum Gasteiger partial charge on any atom is -0.299 e. The minimum absolute atomic E-state index is 0.394. The lowest BCUT2D eigenvalue weighted by atomic mass is 9.95. The molecule has 0 saturated heterocycles. The molecular weight excluding hydrogens is 112 g/mol. The SMILES string of the molecule is CCC1C(=O)CC[C@@H]1C. The predicted octanol–water partition coefficient (Wildman–Crippen LogP) is 2.01. The van der Waals surface area contributed by atoms with Gasteiger partial charge in [-0.25, -0.2) is 0 Å². The average Bonchev–Trinajstić information content (AvgIpc) is 2.12. The van der Waals surface area contributed by atoms with Crippen molar-refractivity contribution in [1.29, 1.82) is 0 Å². The molecule has 1 aliphatic carbocycles. The van der Waals surface area contributed by atoms with E-state index in [1.165, 1.54) is 0 Å². The van der Waals surface area contributed by atoms with Crippen LogP contribution in [0.5, 0.6) is 0 Å². The molecule has 9 heavy (non-hydrogen) atoms. The van der Waals surface area contributed by atoms with Crippen LogP contribution in [0, 0.1) is 11.8 Å². The molecule has 0 bridgehead atoms. The van der Waals surface area contributed by atoms with Crippen molar-refractivity contribution in [3.63, 3.8) is 0 Å². The molecular formula is C8H14O. The first kappa shape index (κ1) is 6.79. The minimum atomic E-state index is 0.394. The van der Waals surface area contributed by atoms with E-state index in [9.17, 15) is 4.79 Å². The largest absolute Gasteiger partial charge is 0.299 e. The summed E-state index contributed by atoms with van der Waals surface area (Å²) < 4.78 is 0. The van der Waals surface area contributed by atoms with Gasteiger partial charge >= 0.3 is 0 Å². The van der Waals surface area contributed by atoms with Crippen molar-refractivity contribution < 1.29 is 4.79 Å². The fraction of sp³-hybridized carbons (Fsp3) is 0.875. The van der Waals surface area contributed by atoms with Gasteiger partial charge in [-0.2, -0.15) is 0 Å². The van der Waals surface area contributed by atoms with Crippen molar-refractivity contribution in [2.45, 2.75) is 33.1 Å². The Morgan fingerprint density at radius 2 is 2.33 bits per heavy atom. The standard InChI is InChI=1S/C8H14O/c1-3-7-6(2)4-5-8(7)9/h6-7H,3-5H2,1-2H3/t6-,7?/m0/s1. The molecule has 52 valence electrons. The Balaban J connectivity index is 2.55. The van der Waals surface area contributed by atoms with Crippen molar-refractivity contribution in [1.82, 2.24) is 0 Å². The zero-order valence-corrected chi connectivity index (χ0v) is 6.18. The van der Waals surface area contributed by atoms with Gasteiger partial charge in [-0.1, -0.05) is 13.8 Å². The molecule has 0 aromatic carbocycles. The molecule has 1 heteroatoms. The predicted molar refractivity (Wildman–Crippen MR) is 37.2 cm³/mol. The maximum Gasteiger partial charge on any atom is 0.136 e. The van der Waals surface area contributed by atoms with E-state index in [4.69, 9.17) is 0 Å². The first-order chi connectivity index (χ1) is 4.25. The van der Waals surface area contributed by atoms with E-state index >= 15 is 0 Å². The van der Waals surface area contributed by atoms with Crippen LogP contribution in [0.3, 0.4) is 0 Å². The lowest BCUT2D eigenvalue weighted by molar-refractivity contribution is -0.121. The molecule has 0 spiro atoms. The molecule has 1 fully saturated rings. The van der Waals surface area contributed by atoms with Gasteiger partial charge in [0.05, 0.1) is 0 Å². The second-order valence-electron chi connectivity index (χ2n) is 3.00. The molecule has 0 heterocycles. The number of hydrogen-bond acceptors (Lipinski definition) is 1. The van der Waals surface area contributed by atoms with Crippen LogP contribution in [0.4, 0.5) is 0 Å². The highest BCUT2D eigenvalue weighted by Gasteiger charge is 2.29. The summed E-state index contributed by atoms with van der Waals surface area (Å²) in [5.74, 6) is 1.54. The highest BCUT2D eigenvalue weighted by molar-refractivity contribution is 5.83. The van der Waals surface area contributed by atoms with Gasteiger partial charge in [0, 0.05) is 12.3 Å². The zero-order chi connectivity index (χ0) is 6.85. The van der Waals surface area contributed by atoms with E-state index in [-0.39, 0.29) is 0 Å². The quantitative estimate of drug-likeness (QED) is 0.525. The van der Waals surface area contributed by atoms with Crippen molar-refractivity contribution in [2.24, 2.45) is 11.8 Å². The molecule has 0 aromatic rings. The monoisotopic (exact) mass is 126 g/mol. The third kappa shape index (κ3) is 1.15. The summed E-state index contributed by atoms with van der Waals surface area (Å²) in [7, 11) is 0. The van der Waals surface area contributed by atoms with E-state index in [2.05, 4.69) is 13.8 Å². The first-order valence-corrected chi connectivity index (χ1v) is 3.78. The summed E-state index contributed by atoms with van der Waals surface area (Å²) in [6, 6.07) is 0. The van der Waals surface area contributed by atoms with E-state index in [1.54, 1.807) is 0 Å². The zero-order valence-electron chi connectivity index (χ0n) is 6.18. The summed E-state index contributed by atoms with van der Waals surface area (Å²) in [5, 5.41) is 0. The van der Waals surface area contributed by atoms with Crippen molar-refractivity contribution in [2.75, 3.05) is 0 Å². The molecule has 1 unspecified atom stereocenters. The second-order valence-corrected chi connectivity index (χ2v) is 3.00. The molecule has 1 aliphatic rings. The Hall–Kier alpha value is -0.330. The van der Waals surface area contributed by atoms with E-state index in [0.29, 0.717) is 17.6 Å². The van der Waals surface area contributed by atoms with Crippen LogP contribution in [0.2, 0.25) is 0 Å². The average molecular weight is 126 g/mol. The Kier molecular flexibility index (Phi) is 1.89. The number of carbonyl (C=O) groups excluding carboxylic acids is 1.